The van der Waals surface area contributed by atoms with Gasteiger partial charge in [-0.05, 0) is 75.8 Å². The number of amides is 3. The van der Waals surface area contributed by atoms with Crippen molar-refractivity contribution in [2.24, 2.45) is 17.8 Å². The summed E-state index contributed by atoms with van der Waals surface area (Å²) in [5, 5.41) is 5.99. The molecule has 3 aliphatic carbocycles. The van der Waals surface area contributed by atoms with Gasteiger partial charge in [-0.25, -0.2) is 18.4 Å². The molecule has 0 saturated heterocycles. The molecule has 14 heteroatoms. The molecule has 5 unspecified atom stereocenters. The van der Waals surface area contributed by atoms with E-state index < -0.39 is 50.6 Å². The average molecular weight is 764 g/mol. The lowest BCUT2D eigenvalue weighted by Crippen LogP contribution is -2.54. The molecule has 2 aromatic heterocycles. The smallest absolute Gasteiger partial charge is 0.259 e. The van der Waals surface area contributed by atoms with E-state index in [0.29, 0.717) is 43.7 Å². The SMILES string of the molecule is CCc1c(OC)ccc2c(OC3CC4C(=O)NC5(C(=O)NS(=O)(=O)C6CC6)CC5/C=C\CCCCN(C)C(=O)C4C3)cc(-c3nc(C(C)C)cs3)nc12. The van der Waals surface area contributed by atoms with E-state index in [9.17, 15) is 22.8 Å². The Morgan fingerprint density at radius 1 is 1.13 bits per heavy atom. The van der Waals surface area contributed by atoms with Crippen molar-refractivity contribution in [1.82, 2.24) is 24.9 Å². The van der Waals surface area contributed by atoms with Gasteiger partial charge in [0.25, 0.3) is 5.91 Å². The van der Waals surface area contributed by atoms with Gasteiger partial charge in [0.2, 0.25) is 21.8 Å². The Labute approximate surface area is 315 Å². The summed E-state index contributed by atoms with van der Waals surface area (Å²) in [7, 11) is -0.423. The monoisotopic (exact) mass is 763 g/mol. The topological polar surface area (TPSA) is 157 Å². The predicted octanol–water partition coefficient (Wildman–Crippen LogP) is 5.51. The van der Waals surface area contributed by atoms with Crippen molar-refractivity contribution in [2.45, 2.75) is 101 Å². The Balaban J connectivity index is 1.22. The first-order valence-corrected chi connectivity index (χ1v) is 21.2. The summed E-state index contributed by atoms with van der Waals surface area (Å²) >= 11 is 1.52. The van der Waals surface area contributed by atoms with E-state index in [2.05, 4.69) is 30.8 Å². The fraction of sp³-hybridized carbons (Fsp3) is 0.564. The van der Waals surface area contributed by atoms with Gasteiger partial charge in [-0.15, -0.1) is 11.3 Å². The third kappa shape index (κ3) is 7.41. The van der Waals surface area contributed by atoms with Gasteiger partial charge in [0.05, 0.1) is 35.4 Å². The highest BCUT2D eigenvalue weighted by Crippen LogP contribution is 2.47. The summed E-state index contributed by atoms with van der Waals surface area (Å²) in [6.45, 7) is 6.81. The van der Waals surface area contributed by atoms with Crippen LogP contribution in [0.25, 0.3) is 21.6 Å². The van der Waals surface area contributed by atoms with Gasteiger partial charge in [-0.3, -0.25) is 19.1 Å². The molecule has 5 atom stereocenters. The Morgan fingerprint density at radius 3 is 2.60 bits per heavy atom. The Morgan fingerprint density at radius 2 is 1.91 bits per heavy atom. The second-order valence-corrected chi connectivity index (χ2v) is 18.1. The zero-order valence-electron chi connectivity index (χ0n) is 31.0. The molecular formula is C39H49N5O7S2. The molecule has 3 saturated carbocycles. The number of pyridine rings is 1. The summed E-state index contributed by atoms with van der Waals surface area (Å²) in [6, 6.07) is 5.73. The number of ether oxygens (including phenoxy) is 2. The number of nitrogens with zero attached hydrogens (tertiary/aromatic N) is 3. The molecule has 0 radical (unpaired) electrons. The molecular weight excluding hydrogens is 715 g/mol. The predicted molar refractivity (Wildman–Crippen MR) is 203 cm³/mol. The van der Waals surface area contributed by atoms with Crippen molar-refractivity contribution in [3.63, 3.8) is 0 Å². The number of carbonyl (C=O) groups is 3. The highest BCUT2D eigenvalue weighted by atomic mass is 32.2. The van der Waals surface area contributed by atoms with Gasteiger partial charge in [0.1, 0.15) is 33.8 Å². The van der Waals surface area contributed by atoms with Crippen LogP contribution in [0.5, 0.6) is 11.5 Å². The Kier molecular flexibility index (Phi) is 10.3. The minimum absolute atomic E-state index is 0.145. The molecule has 1 aromatic carbocycles. The van der Waals surface area contributed by atoms with Crippen LogP contribution in [0.2, 0.25) is 0 Å². The molecule has 0 bridgehead atoms. The van der Waals surface area contributed by atoms with Crippen LogP contribution < -0.4 is 19.5 Å². The highest BCUT2D eigenvalue weighted by Gasteiger charge is 2.62. The number of nitrogens with one attached hydrogen (secondary N) is 2. The maximum Gasteiger partial charge on any atom is 0.259 e. The summed E-state index contributed by atoms with van der Waals surface area (Å²) in [6.07, 6.45) is 8.30. The van der Waals surface area contributed by atoms with Crippen molar-refractivity contribution in [2.75, 3.05) is 20.7 Å². The van der Waals surface area contributed by atoms with Crippen molar-refractivity contribution >= 4 is 50.0 Å². The molecule has 3 aromatic rings. The largest absolute Gasteiger partial charge is 0.496 e. The molecule has 1 aliphatic heterocycles. The number of thiazole rings is 1. The zero-order chi connectivity index (χ0) is 37.7. The standard InChI is InChI=1S/C39H49N5O7S2/c1-6-26-32(50-5)15-14-27-33(19-30(40-34(26)27)36-41-31(21-52-36)22(2)3)51-24-17-28-29(18-24)37(46)44(4)16-10-8-7-9-11-23-20-39(23,42-35(28)45)38(47)43-53(48,49)25-12-13-25/h9,11,14-15,19,21-25,28-29H,6-8,10,12-13,16-18,20H2,1-5H3,(H,42,45)(H,43,47)/b11-9-. The van der Waals surface area contributed by atoms with E-state index in [4.69, 9.17) is 19.4 Å². The van der Waals surface area contributed by atoms with Crippen molar-refractivity contribution < 1.29 is 32.3 Å². The Bertz CT molecular complexity index is 2060. The van der Waals surface area contributed by atoms with Gasteiger partial charge >= 0.3 is 0 Å². The molecule has 53 heavy (non-hydrogen) atoms. The van der Waals surface area contributed by atoms with Gasteiger partial charge in [0, 0.05) is 41.9 Å². The van der Waals surface area contributed by atoms with E-state index in [1.54, 1.807) is 19.1 Å². The number of fused-ring (bicyclic) bond motifs is 3. The number of sulfonamides is 1. The van der Waals surface area contributed by atoms with Gasteiger partial charge in [-0.2, -0.15) is 0 Å². The zero-order valence-corrected chi connectivity index (χ0v) is 32.6. The third-order valence-electron chi connectivity index (χ3n) is 11.2. The number of aryl methyl sites for hydroxylation is 1. The molecule has 3 heterocycles. The normalized spacial score (nSPS) is 27.1. The fourth-order valence-corrected chi connectivity index (χ4v) is 10.1. The minimum Gasteiger partial charge on any atom is -0.496 e. The number of hydrogen-bond donors (Lipinski definition) is 2. The molecule has 0 spiro atoms. The highest BCUT2D eigenvalue weighted by molar-refractivity contribution is 7.91. The number of benzene rings is 1. The lowest BCUT2D eigenvalue weighted by Gasteiger charge is -2.26. The summed E-state index contributed by atoms with van der Waals surface area (Å²) in [5.74, 6) is -1.58. The van der Waals surface area contributed by atoms with E-state index in [1.807, 2.05) is 35.7 Å². The number of rotatable bonds is 9. The molecule has 284 valence electrons. The fourth-order valence-electron chi connectivity index (χ4n) is 7.78. The summed E-state index contributed by atoms with van der Waals surface area (Å²) < 4.78 is 40.4. The van der Waals surface area contributed by atoms with Crippen LogP contribution in [-0.4, -0.2) is 78.6 Å². The second kappa shape index (κ2) is 14.7. The maximum atomic E-state index is 14.3. The van der Waals surface area contributed by atoms with Crippen molar-refractivity contribution in [1.29, 1.82) is 0 Å². The van der Waals surface area contributed by atoms with E-state index in [0.717, 1.165) is 52.2 Å². The van der Waals surface area contributed by atoms with Crippen LogP contribution >= 0.6 is 11.3 Å². The number of carbonyl (C=O) groups excluding carboxylic acids is 3. The lowest BCUT2D eigenvalue weighted by molar-refractivity contribution is -0.140. The van der Waals surface area contributed by atoms with Crippen LogP contribution in [0, 0.1) is 17.8 Å². The van der Waals surface area contributed by atoms with Crippen molar-refractivity contribution in [3.05, 3.63) is 47.0 Å². The summed E-state index contributed by atoms with van der Waals surface area (Å²) in [4.78, 5) is 53.7. The second-order valence-electron chi connectivity index (χ2n) is 15.3. The quantitative estimate of drug-likeness (QED) is 0.269. The first-order valence-electron chi connectivity index (χ1n) is 18.8. The summed E-state index contributed by atoms with van der Waals surface area (Å²) in [5.41, 5.74) is 1.93. The molecule has 7 rings (SSSR count). The van der Waals surface area contributed by atoms with Gasteiger partial charge < -0.3 is 19.7 Å². The number of hydrogen-bond acceptors (Lipinski definition) is 10. The first kappa shape index (κ1) is 37.3. The van der Waals surface area contributed by atoms with E-state index in [-0.39, 0.29) is 30.6 Å². The minimum atomic E-state index is -3.83. The third-order valence-corrected chi connectivity index (χ3v) is 13.9. The van der Waals surface area contributed by atoms with Crippen LogP contribution in [0.1, 0.15) is 89.3 Å². The van der Waals surface area contributed by atoms with Crippen molar-refractivity contribution in [3.8, 4) is 22.2 Å². The average Bonchev–Trinajstić information content (AvgIpc) is 4.01. The van der Waals surface area contributed by atoms with E-state index in [1.165, 1.54) is 11.3 Å². The van der Waals surface area contributed by atoms with Gasteiger partial charge in [0.15, 0.2) is 0 Å². The van der Waals surface area contributed by atoms with Crippen LogP contribution in [0.15, 0.2) is 35.7 Å². The molecule has 12 nitrogen and oxygen atoms in total. The molecule has 3 amide bonds. The van der Waals surface area contributed by atoms with Crippen LogP contribution in [0.3, 0.4) is 0 Å². The van der Waals surface area contributed by atoms with Gasteiger partial charge in [-0.1, -0.05) is 32.9 Å². The number of allylic oxidation sites excluding steroid dienone is 1. The van der Waals surface area contributed by atoms with Crippen LogP contribution in [-0.2, 0) is 30.8 Å². The van der Waals surface area contributed by atoms with Crippen LogP contribution in [0.4, 0.5) is 0 Å². The van der Waals surface area contributed by atoms with E-state index >= 15 is 0 Å². The molecule has 2 N–H and O–H groups in total. The number of aromatic nitrogens is 2. The molecule has 3 fully saturated rings. The Hall–Kier alpha value is -4.04. The lowest BCUT2D eigenvalue weighted by atomic mass is 9.93. The number of methoxy groups -OCH3 is 1. The maximum absolute atomic E-state index is 14.3. The molecule has 4 aliphatic rings. The first-order chi connectivity index (χ1) is 25.3.